The molecular formula is C21H24ClNO3. The van der Waals surface area contributed by atoms with E-state index in [4.69, 9.17) is 21.1 Å². The molecule has 1 aliphatic rings. The van der Waals surface area contributed by atoms with E-state index in [9.17, 15) is 4.79 Å². The van der Waals surface area contributed by atoms with Gasteiger partial charge in [0, 0.05) is 12.1 Å². The molecule has 0 saturated carbocycles. The van der Waals surface area contributed by atoms with Gasteiger partial charge in [-0.2, -0.15) is 0 Å². The summed E-state index contributed by atoms with van der Waals surface area (Å²) in [6, 6.07) is 15.1. The number of hydrogen-bond donors (Lipinski definition) is 0. The number of hydrogen-bond acceptors (Lipinski definition) is 3. The maximum Gasteiger partial charge on any atom is 0.230 e. The lowest BCUT2D eigenvalue weighted by atomic mass is 9.87. The van der Waals surface area contributed by atoms with E-state index in [1.165, 1.54) is 0 Å². The van der Waals surface area contributed by atoms with Crippen molar-refractivity contribution in [3.8, 4) is 11.5 Å². The fraction of sp³-hybridized carbons (Fsp3) is 0.381. The predicted octanol–water partition coefficient (Wildman–Crippen LogP) is 4.38. The van der Waals surface area contributed by atoms with Crippen molar-refractivity contribution >= 4 is 17.5 Å². The number of carbonyl (C=O) groups is 1. The normalized spacial score (nSPS) is 17.0. The van der Waals surface area contributed by atoms with Gasteiger partial charge in [-0.05, 0) is 35.7 Å². The molecule has 0 radical (unpaired) electrons. The van der Waals surface area contributed by atoms with Gasteiger partial charge in [-0.3, -0.25) is 4.79 Å². The number of nitrogens with zero attached hydrogens (tertiary/aromatic N) is 1. The number of ether oxygens (including phenoxy) is 2. The first-order chi connectivity index (χ1) is 12.5. The van der Waals surface area contributed by atoms with Crippen LogP contribution >= 0.6 is 11.6 Å². The van der Waals surface area contributed by atoms with Crippen molar-refractivity contribution in [2.24, 2.45) is 5.92 Å². The Hall–Kier alpha value is -2.20. The summed E-state index contributed by atoms with van der Waals surface area (Å²) in [4.78, 5) is 14.8. The first-order valence-electron chi connectivity index (χ1n) is 8.84. The lowest BCUT2D eigenvalue weighted by molar-refractivity contribution is -0.134. The number of amides is 1. The zero-order valence-electron chi connectivity index (χ0n) is 15.3. The predicted molar refractivity (Wildman–Crippen MR) is 103 cm³/mol. The zero-order valence-corrected chi connectivity index (χ0v) is 16.1. The Morgan fingerprint density at radius 3 is 2.46 bits per heavy atom. The highest BCUT2D eigenvalue weighted by Gasteiger charge is 2.30. The third-order valence-corrected chi connectivity index (χ3v) is 4.84. The van der Waals surface area contributed by atoms with Gasteiger partial charge in [-0.1, -0.05) is 49.7 Å². The number of likely N-dealkylation sites (N-methyl/N-ethyl adjacent to an activating group) is 1. The molecule has 2 aromatic rings. The molecule has 5 heteroatoms. The molecule has 26 heavy (non-hydrogen) atoms. The molecule has 0 spiro atoms. The van der Waals surface area contributed by atoms with Crippen LogP contribution in [0.3, 0.4) is 0 Å². The monoisotopic (exact) mass is 373 g/mol. The van der Waals surface area contributed by atoms with E-state index in [0.717, 1.165) is 17.1 Å². The maximum atomic E-state index is 13.1. The molecule has 1 aliphatic heterocycles. The number of para-hydroxylation sites is 2. The summed E-state index contributed by atoms with van der Waals surface area (Å²) >= 11 is 5.98. The van der Waals surface area contributed by atoms with Gasteiger partial charge in [-0.25, -0.2) is 0 Å². The molecule has 0 aliphatic carbocycles. The largest absolute Gasteiger partial charge is 0.486 e. The van der Waals surface area contributed by atoms with E-state index in [0.29, 0.717) is 18.2 Å². The molecule has 2 atom stereocenters. The highest BCUT2D eigenvalue weighted by Crippen LogP contribution is 2.32. The SMILES string of the molecule is CC(C)C(C(=O)N(C)CC1COc2ccccc2O1)c1ccc(Cl)cc1. The van der Waals surface area contributed by atoms with Crippen molar-refractivity contribution < 1.29 is 14.3 Å². The molecule has 4 nitrogen and oxygen atoms in total. The maximum absolute atomic E-state index is 13.1. The summed E-state index contributed by atoms with van der Waals surface area (Å²) < 4.78 is 11.7. The quantitative estimate of drug-likeness (QED) is 0.780. The van der Waals surface area contributed by atoms with Gasteiger partial charge in [0.1, 0.15) is 6.61 Å². The molecule has 0 bridgehead atoms. The summed E-state index contributed by atoms with van der Waals surface area (Å²) in [7, 11) is 1.82. The van der Waals surface area contributed by atoms with Crippen LogP contribution in [-0.2, 0) is 4.79 Å². The second kappa shape index (κ2) is 8.00. The zero-order chi connectivity index (χ0) is 18.7. The molecule has 0 fully saturated rings. The van der Waals surface area contributed by atoms with Gasteiger partial charge in [0.25, 0.3) is 0 Å². The Balaban J connectivity index is 1.69. The number of rotatable bonds is 5. The highest BCUT2D eigenvalue weighted by molar-refractivity contribution is 6.30. The van der Waals surface area contributed by atoms with Crippen LogP contribution in [0.4, 0.5) is 0 Å². The highest BCUT2D eigenvalue weighted by atomic mass is 35.5. The third-order valence-electron chi connectivity index (χ3n) is 4.58. The van der Waals surface area contributed by atoms with E-state index in [2.05, 4.69) is 13.8 Å². The van der Waals surface area contributed by atoms with Crippen LogP contribution in [0.15, 0.2) is 48.5 Å². The summed E-state index contributed by atoms with van der Waals surface area (Å²) in [5.41, 5.74) is 0.979. The molecule has 2 unspecified atom stereocenters. The number of carbonyl (C=O) groups excluding carboxylic acids is 1. The Morgan fingerprint density at radius 1 is 1.15 bits per heavy atom. The lowest BCUT2D eigenvalue weighted by Crippen LogP contribution is -2.44. The Kier molecular flexibility index (Phi) is 5.72. The number of benzene rings is 2. The second-order valence-corrected chi connectivity index (χ2v) is 7.43. The van der Waals surface area contributed by atoms with Crippen LogP contribution in [0.2, 0.25) is 5.02 Å². The van der Waals surface area contributed by atoms with Crippen molar-refractivity contribution in [3.05, 3.63) is 59.1 Å². The second-order valence-electron chi connectivity index (χ2n) is 6.99. The van der Waals surface area contributed by atoms with Crippen molar-refractivity contribution in [1.29, 1.82) is 0 Å². The van der Waals surface area contributed by atoms with Gasteiger partial charge in [-0.15, -0.1) is 0 Å². The van der Waals surface area contributed by atoms with E-state index < -0.39 is 0 Å². The van der Waals surface area contributed by atoms with Gasteiger partial charge in [0.15, 0.2) is 17.6 Å². The first-order valence-corrected chi connectivity index (χ1v) is 9.22. The Morgan fingerprint density at radius 2 is 1.81 bits per heavy atom. The van der Waals surface area contributed by atoms with Gasteiger partial charge in [0.2, 0.25) is 5.91 Å². The van der Waals surface area contributed by atoms with Crippen LogP contribution in [-0.4, -0.2) is 37.1 Å². The molecule has 1 amide bonds. The smallest absolute Gasteiger partial charge is 0.230 e. The molecule has 0 N–H and O–H groups in total. The molecule has 3 rings (SSSR count). The van der Waals surface area contributed by atoms with Crippen LogP contribution in [0.5, 0.6) is 11.5 Å². The molecule has 1 heterocycles. The molecule has 138 valence electrons. The standard InChI is InChI=1S/C21H24ClNO3/c1-14(2)20(15-8-10-16(22)11-9-15)21(24)23(3)12-17-13-25-18-6-4-5-7-19(18)26-17/h4-11,14,17,20H,12-13H2,1-3H3. The molecular weight excluding hydrogens is 350 g/mol. The Bertz CT molecular complexity index is 760. The Labute approximate surface area is 159 Å². The van der Waals surface area contributed by atoms with Crippen molar-refractivity contribution in [1.82, 2.24) is 4.90 Å². The number of halogens is 1. The van der Waals surface area contributed by atoms with Gasteiger partial charge >= 0.3 is 0 Å². The van der Waals surface area contributed by atoms with E-state index >= 15 is 0 Å². The summed E-state index contributed by atoms with van der Waals surface area (Å²) in [5, 5.41) is 0.670. The fourth-order valence-corrected chi connectivity index (χ4v) is 3.39. The van der Waals surface area contributed by atoms with Crippen LogP contribution in [0.1, 0.15) is 25.3 Å². The summed E-state index contributed by atoms with van der Waals surface area (Å²) in [5.74, 6) is 1.51. The first kappa shape index (κ1) is 18.6. The van der Waals surface area contributed by atoms with Crippen LogP contribution in [0, 0.1) is 5.92 Å². The van der Waals surface area contributed by atoms with Gasteiger partial charge < -0.3 is 14.4 Å². The summed E-state index contributed by atoms with van der Waals surface area (Å²) in [6.07, 6.45) is -0.183. The molecule has 0 aromatic heterocycles. The minimum Gasteiger partial charge on any atom is -0.486 e. The summed E-state index contributed by atoms with van der Waals surface area (Å²) in [6.45, 7) is 5.02. The van der Waals surface area contributed by atoms with Crippen molar-refractivity contribution in [2.45, 2.75) is 25.9 Å². The van der Waals surface area contributed by atoms with Gasteiger partial charge in [0.05, 0.1) is 12.5 Å². The van der Waals surface area contributed by atoms with E-state index in [-0.39, 0.29) is 23.8 Å². The van der Waals surface area contributed by atoms with E-state index in [1.807, 2.05) is 55.6 Å². The van der Waals surface area contributed by atoms with Crippen LogP contribution in [0.25, 0.3) is 0 Å². The molecule has 0 saturated heterocycles. The minimum absolute atomic E-state index is 0.0739. The van der Waals surface area contributed by atoms with Crippen LogP contribution < -0.4 is 9.47 Å². The third kappa shape index (κ3) is 4.13. The molecule has 2 aromatic carbocycles. The van der Waals surface area contributed by atoms with Crippen molar-refractivity contribution in [2.75, 3.05) is 20.2 Å². The van der Waals surface area contributed by atoms with E-state index in [1.54, 1.807) is 4.90 Å². The van der Waals surface area contributed by atoms with Crippen molar-refractivity contribution in [3.63, 3.8) is 0 Å². The number of fused-ring (bicyclic) bond motifs is 1. The topological polar surface area (TPSA) is 38.8 Å². The average molecular weight is 374 g/mol. The average Bonchev–Trinajstić information content (AvgIpc) is 2.63. The minimum atomic E-state index is -0.214. The lowest BCUT2D eigenvalue weighted by Gasteiger charge is -2.32. The fourth-order valence-electron chi connectivity index (χ4n) is 3.27.